The maximum absolute atomic E-state index is 12.4. The van der Waals surface area contributed by atoms with Gasteiger partial charge in [0.2, 0.25) is 10.0 Å². The van der Waals surface area contributed by atoms with Gasteiger partial charge >= 0.3 is 5.97 Å². The first-order chi connectivity index (χ1) is 9.33. The van der Waals surface area contributed by atoms with E-state index in [-0.39, 0.29) is 15.8 Å². The maximum Gasteiger partial charge on any atom is 0.349 e. The molecule has 1 aromatic rings. The molecule has 0 aromatic carbocycles. The molecule has 1 atom stereocenters. The largest absolute Gasteiger partial charge is 0.465 e. The van der Waals surface area contributed by atoms with Gasteiger partial charge in [0, 0.05) is 11.8 Å². The average Bonchev–Trinajstić information content (AvgIpc) is 2.77. The number of hydrogen-bond acceptors (Lipinski definition) is 6. The van der Waals surface area contributed by atoms with E-state index in [2.05, 4.69) is 9.46 Å². The summed E-state index contributed by atoms with van der Waals surface area (Å²) in [6.07, 6.45) is 0. The summed E-state index contributed by atoms with van der Waals surface area (Å²) < 4.78 is 32.0. The monoisotopic (exact) mass is 337 g/mol. The second-order valence-corrected chi connectivity index (χ2v) is 8.10. The molecule has 0 saturated heterocycles. The zero-order valence-corrected chi connectivity index (χ0v) is 14.4. The van der Waals surface area contributed by atoms with Crippen molar-refractivity contribution in [3.05, 3.63) is 15.8 Å². The van der Waals surface area contributed by atoms with E-state index in [0.29, 0.717) is 11.3 Å². The normalized spacial score (nSPS) is 13.2. The van der Waals surface area contributed by atoms with Crippen molar-refractivity contribution >= 4 is 39.1 Å². The van der Waals surface area contributed by atoms with E-state index in [0.717, 1.165) is 17.1 Å². The van der Waals surface area contributed by atoms with E-state index in [4.69, 9.17) is 0 Å². The van der Waals surface area contributed by atoms with Crippen LogP contribution >= 0.6 is 23.1 Å². The van der Waals surface area contributed by atoms with E-state index in [1.54, 1.807) is 31.0 Å². The molecule has 0 aliphatic carbocycles. The molecule has 114 valence electrons. The van der Waals surface area contributed by atoms with Crippen molar-refractivity contribution in [3.63, 3.8) is 0 Å². The van der Waals surface area contributed by atoms with Crippen LogP contribution < -0.4 is 4.72 Å². The Bertz CT molecular complexity index is 565. The van der Waals surface area contributed by atoms with E-state index >= 15 is 0 Å². The van der Waals surface area contributed by atoms with Crippen LogP contribution in [-0.4, -0.2) is 39.0 Å². The van der Waals surface area contributed by atoms with Crippen molar-refractivity contribution in [2.75, 3.05) is 18.6 Å². The van der Waals surface area contributed by atoms with Gasteiger partial charge in [-0.3, -0.25) is 0 Å². The van der Waals surface area contributed by atoms with Crippen LogP contribution in [-0.2, 0) is 14.8 Å². The Morgan fingerprint density at radius 1 is 1.55 bits per heavy atom. The minimum absolute atomic E-state index is 0.0303. The predicted octanol–water partition coefficient (Wildman–Crippen LogP) is 2.26. The fraction of sp³-hybridized carbons (Fsp3) is 0.583. The number of carbonyl (C=O) groups is 1. The topological polar surface area (TPSA) is 72.5 Å². The third kappa shape index (κ3) is 4.21. The standard InChI is InChI=1S/C12H19NO4S3/c1-5-18-7-9(3)13-20(15,16)11-8(2)6-19-10(11)12(14)17-4/h6,9,13H,5,7H2,1-4H3. The molecule has 0 radical (unpaired) electrons. The smallest absolute Gasteiger partial charge is 0.349 e. The van der Waals surface area contributed by atoms with Crippen LogP contribution in [0.2, 0.25) is 0 Å². The number of esters is 1. The van der Waals surface area contributed by atoms with Crippen molar-refractivity contribution in [1.29, 1.82) is 0 Å². The molecule has 0 spiro atoms. The van der Waals surface area contributed by atoms with Crippen molar-refractivity contribution < 1.29 is 17.9 Å². The van der Waals surface area contributed by atoms with Crippen molar-refractivity contribution in [1.82, 2.24) is 4.72 Å². The number of rotatable bonds is 7. The van der Waals surface area contributed by atoms with Crippen molar-refractivity contribution in [2.24, 2.45) is 0 Å². The molecule has 0 amide bonds. The lowest BCUT2D eigenvalue weighted by Crippen LogP contribution is -2.35. The third-order valence-corrected chi connectivity index (χ3v) is 6.61. The number of carbonyl (C=O) groups excluding carboxylic acids is 1. The number of aryl methyl sites for hydroxylation is 1. The highest BCUT2D eigenvalue weighted by Crippen LogP contribution is 2.27. The predicted molar refractivity (Wildman–Crippen MR) is 83.2 cm³/mol. The van der Waals surface area contributed by atoms with Crippen LogP contribution in [0.5, 0.6) is 0 Å². The van der Waals surface area contributed by atoms with Gasteiger partial charge in [0.05, 0.1) is 7.11 Å². The number of methoxy groups -OCH3 is 1. The highest BCUT2D eigenvalue weighted by atomic mass is 32.2. The summed E-state index contributed by atoms with van der Waals surface area (Å²) in [4.78, 5) is 11.8. The summed E-state index contributed by atoms with van der Waals surface area (Å²) in [5.74, 6) is 0.989. The second kappa shape index (κ2) is 7.44. The molecule has 0 bridgehead atoms. The van der Waals surface area contributed by atoms with Gasteiger partial charge in [-0.15, -0.1) is 11.3 Å². The molecule has 1 aromatic heterocycles. The summed E-state index contributed by atoms with van der Waals surface area (Å²) in [5, 5.41) is 1.65. The summed E-state index contributed by atoms with van der Waals surface area (Å²) in [5.41, 5.74) is 0.554. The van der Waals surface area contributed by atoms with Gasteiger partial charge in [0.1, 0.15) is 9.77 Å². The SMILES string of the molecule is CCSCC(C)NS(=O)(=O)c1c(C)csc1C(=O)OC. The first kappa shape index (κ1) is 17.5. The molecule has 1 rings (SSSR count). The molecule has 1 unspecified atom stereocenters. The number of hydrogen-bond donors (Lipinski definition) is 1. The van der Waals surface area contributed by atoms with E-state index in [1.807, 2.05) is 6.92 Å². The lowest BCUT2D eigenvalue weighted by Gasteiger charge is -2.14. The Morgan fingerprint density at radius 2 is 2.20 bits per heavy atom. The zero-order valence-electron chi connectivity index (χ0n) is 11.9. The number of ether oxygens (including phenoxy) is 1. The number of thiophene rings is 1. The first-order valence-electron chi connectivity index (χ1n) is 6.10. The Kier molecular flexibility index (Phi) is 6.50. The fourth-order valence-electron chi connectivity index (χ4n) is 1.65. The van der Waals surface area contributed by atoms with Crippen LogP contribution in [0.3, 0.4) is 0 Å². The van der Waals surface area contributed by atoms with Crippen molar-refractivity contribution in [2.45, 2.75) is 31.7 Å². The molecule has 8 heteroatoms. The first-order valence-corrected chi connectivity index (χ1v) is 9.61. The summed E-state index contributed by atoms with van der Waals surface area (Å²) in [6, 6.07) is -0.199. The Morgan fingerprint density at radius 3 is 2.75 bits per heavy atom. The molecular formula is C12H19NO4S3. The van der Waals surface area contributed by atoms with Gasteiger partial charge < -0.3 is 4.74 Å². The molecule has 0 aliphatic rings. The lowest BCUT2D eigenvalue weighted by atomic mass is 10.3. The van der Waals surface area contributed by atoms with Gasteiger partial charge in [-0.25, -0.2) is 17.9 Å². The molecule has 20 heavy (non-hydrogen) atoms. The Hall–Kier alpha value is -0.570. The molecule has 0 saturated carbocycles. The second-order valence-electron chi connectivity index (χ2n) is 4.25. The van der Waals surface area contributed by atoms with Gasteiger partial charge in [0.25, 0.3) is 0 Å². The Balaban J connectivity index is 3.04. The van der Waals surface area contributed by atoms with Crippen LogP contribution in [0.4, 0.5) is 0 Å². The minimum Gasteiger partial charge on any atom is -0.465 e. The lowest BCUT2D eigenvalue weighted by molar-refractivity contribution is 0.0602. The quantitative estimate of drug-likeness (QED) is 0.773. The molecule has 1 N–H and O–H groups in total. The number of thioether (sulfide) groups is 1. The fourth-order valence-corrected chi connectivity index (χ4v) is 5.38. The van der Waals surface area contributed by atoms with E-state index in [9.17, 15) is 13.2 Å². The average molecular weight is 337 g/mol. The molecule has 0 fully saturated rings. The minimum atomic E-state index is -3.72. The third-order valence-electron chi connectivity index (χ3n) is 2.49. The van der Waals surface area contributed by atoms with Gasteiger partial charge in [-0.05, 0) is 30.5 Å². The highest BCUT2D eigenvalue weighted by molar-refractivity contribution is 7.99. The van der Waals surface area contributed by atoms with Crippen LogP contribution in [0.15, 0.2) is 10.3 Å². The van der Waals surface area contributed by atoms with Crippen LogP contribution in [0.25, 0.3) is 0 Å². The van der Waals surface area contributed by atoms with Gasteiger partial charge in [0.15, 0.2) is 0 Å². The highest BCUT2D eigenvalue weighted by Gasteiger charge is 2.28. The van der Waals surface area contributed by atoms with Crippen LogP contribution in [0, 0.1) is 6.92 Å². The molecule has 1 heterocycles. The zero-order chi connectivity index (χ0) is 15.3. The van der Waals surface area contributed by atoms with E-state index < -0.39 is 16.0 Å². The van der Waals surface area contributed by atoms with Gasteiger partial charge in [-0.1, -0.05) is 6.92 Å². The Labute approximate surface area is 128 Å². The molecular weight excluding hydrogens is 318 g/mol. The number of nitrogens with one attached hydrogen (secondary N) is 1. The molecule has 0 aliphatic heterocycles. The summed E-state index contributed by atoms with van der Waals surface area (Å²) in [7, 11) is -2.48. The van der Waals surface area contributed by atoms with E-state index in [1.165, 1.54) is 7.11 Å². The van der Waals surface area contributed by atoms with Gasteiger partial charge in [-0.2, -0.15) is 11.8 Å². The maximum atomic E-state index is 12.4. The number of sulfonamides is 1. The summed E-state index contributed by atoms with van der Waals surface area (Å²) in [6.45, 7) is 5.49. The van der Waals surface area contributed by atoms with Crippen LogP contribution in [0.1, 0.15) is 29.1 Å². The summed E-state index contributed by atoms with van der Waals surface area (Å²) >= 11 is 2.74. The van der Waals surface area contributed by atoms with Crippen molar-refractivity contribution in [3.8, 4) is 0 Å². The molecule has 5 nitrogen and oxygen atoms in total.